The minimum Gasteiger partial charge on any atom is -0.497 e. The number of carbonyl (C=O) groups is 2. The average molecular weight is 442 g/mol. The Hall–Kier alpha value is -2.67. The minimum absolute atomic E-state index is 0.00367. The van der Waals surface area contributed by atoms with Gasteiger partial charge in [-0.25, -0.2) is 0 Å². The van der Waals surface area contributed by atoms with Crippen LogP contribution in [0, 0.1) is 6.92 Å². The van der Waals surface area contributed by atoms with E-state index in [1.165, 1.54) is 17.4 Å². The molecule has 0 bridgehead atoms. The monoisotopic (exact) mass is 441 g/mol. The molecule has 0 spiro atoms. The number of methoxy groups -OCH3 is 1. The van der Waals surface area contributed by atoms with E-state index in [2.05, 4.69) is 27.7 Å². The van der Waals surface area contributed by atoms with Gasteiger partial charge < -0.3 is 20.3 Å². The molecule has 166 valence electrons. The van der Waals surface area contributed by atoms with Crippen molar-refractivity contribution in [3.63, 3.8) is 0 Å². The highest BCUT2D eigenvalue weighted by atomic mass is 32.2. The van der Waals surface area contributed by atoms with Gasteiger partial charge in [-0.3, -0.25) is 9.59 Å². The zero-order valence-electron chi connectivity index (χ0n) is 18.4. The van der Waals surface area contributed by atoms with Crippen LogP contribution in [0.1, 0.15) is 25.3 Å². The van der Waals surface area contributed by atoms with Crippen molar-refractivity contribution in [3.05, 3.63) is 54.1 Å². The number of hydrogen-bond acceptors (Lipinski definition) is 5. The standard InChI is InChI=1S/C24H31N3O3S/c1-17-4-6-19(7-5-17)25-23(28)16-31-18(2)24(29)26-20-12-14-27(15-13-20)21-8-10-22(30-3)11-9-21/h4-11,18,20H,12-16H2,1-3H3,(H,25,28)(H,26,29). The summed E-state index contributed by atoms with van der Waals surface area (Å²) in [7, 11) is 1.67. The lowest BCUT2D eigenvalue weighted by atomic mass is 10.0. The lowest BCUT2D eigenvalue weighted by molar-refractivity contribution is -0.121. The van der Waals surface area contributed by atoms with E-state index in [0.29, 0.717) is 0 Å². The molecule has 0 saturated carbocycles. The van der Waals surface area contributed by atoms with E-state index >= 15 is 0 Å². The minimum atomic E-state index is -0.275. The van der Waals surface area contributed by atoms with Crippen LogP contribution in [0.3, 0.4) is 0 Å². The van der Waals surface area contributed by atoms with E-state index < -0.39 is 0 Å². The SMILES string of the molecule is COc1ccc(N2CCC(NC(=O)C(C)SCC(=O)Nc3ccc(C)cc3)CC2)cc1. The van der Waals surface area contributed by atoms with Crippen molar-refractivity contribution in [1.29, 1.82) is 0 Å². The van der Waals surface area contributed by atoms with E-state index in [0.717, 1.165) is 42.9 Å². The summed E-state index contributed by atoms with van der Waals surface area (Å²) < 4.78 is 5.22. The molecule has 2 amide bonds. The Morgan fingerprint density at radius 3 is 2.35 bits per heavy atom. The Bertz CT molecular complexity index is 863. The van der Waals surface area contributed by atoms with E-state index in [4.69, 9.17) is 4.74 Å². The summed E-state index contributed by atoms with van der Waals surface area (Å²) in [6.07, 6.45) is 1.81. The summed E-state index contributed by atoms with van der Waals surface area (Å²) in [6.45, 7) is 5.66. The predicted octanol–water partition coefficient (Wildman–Crippen LogP) is 3.85. The first kappa shape index (κ1) is 23.0. The molecule has 6 nitrogen and oxygen atoms in total. The number of hydrogen-bond donors (Lipinski definition) is 2. The highest BCUT2D eigenvalue weighted by Crippen LogP contribution is 2.23. The van der Waals surface area contributed by atoms with E-state index in [-0.39, 0.29) is 28.9 Å². The van der Waals surface area contributed by atoms with Crippen molar-refractivity contribution in [2.24, 2.45) is 0 Å². The Kier molecular flexibility index (Phi) is 8.23. The molecule has 1 saturated heterocycles. The van der Waals surface area contributed by atoms with Crippen LogP contribution in [0.2, 0.25) is 0 Å². The molecular weight excluding hydrogens is 410 g/mol. The van der Waals surface area contributed by atoms with Crippen LogP contribution in [0.15, 0.2) is 48.5 Å². The number of piperidine rings is 1. The highest BCUT2D eigenvalue weighted by molar-refractivity contribution is 8.01. The Labute approximate surface area is 188 Å². The van der Waals surface area contributed by atoms with Crippen LogP contribution in [0.25, 0.3) is 0 Å². The van der Waals surface area contributed by atoms with Crippen LogP contribution < -0.4 is 20.3 Å². The van der Waals surface area contributed by atoms with Gasteiger partial charge >= 0.3 is 0 Å². The van der Waals surface area contributed by atoms with Crippen LogP contribution >= 0.6 is 11.8 Å². The second-order valence-electron chi connectivity index (χ2n) is 7.84. The summed E-state index contributed by atoms with van der Waals surface area (Å²) in [5.74, 6) is 1.00. The summed E-state index contributed by atoms with van der Waals surface area (Å²) in [6, 6.07) is 15.9. The number of anilines is 2. The van der Waals surface area contributed by atoms with Crippen LogP contribution in [-0.4, -0.2) is 49.1 Å². The van der Waals surface area contributed by atoms with Crippen molar-refractivity contribution in [1.82, 2.24) is 5.32 Å². The van der Waals surface area contributed by atoms with Gasteiger partial charge in [0.25, 0.3) is 0 Å². The van der Waals surface area contributed by atoms with Gasteiger partial charge in [-0.1, -0.05) is 17.7 Å². The quantitative estimate of drug-likeness (QED) is 0.651. The molecule has 0 aliphatic carbocycles. The van der Waals surface area contributed by atoms with Crippen molar-refractivity contribution < 1.29 is 14.3 Å². The molecule has 7 heteroatoms. The van der Waals surface area contributed by atoms with E-state index in [1.54, 1.807) is 7.11 Å². The van der Waals surface area contributed by atoms with Crippen LogP contribution in [-0.2, 0) is 9.59 Å². The average Bonchev–Trinajstić information content (AvgIpc) is 2.79. The van der Waals surface area contributed by atoms with Gasteiger partial charge in [0, 0.05) is 30.5 Å². The van der Waals surface area contributed by atoms with Crippen LogP contribution in [0.5, 0.6) is 5.75 Å². The van der Waals surface area contributed by atoms with E-state index in [1.807, 2.05) is 50.2 Å². The molecule has 0 radical (unpaired) electrons. The smallest absolute Gasteiger partial charge is 0.234 e. The fourth-order valence-corrected chi connectivity index (χ4v) is 4.20. The van der Waals surface area contributed by atoms with Crippen LogP contribution in [0.4, 0.5) is 11.4 Å². The molecule has 3 rings (SSSR count). The third kappa shape index (κ3) is 6.92. The van der Waals surface area contributed by atoms with Gasteiger partial charge in [-0.05, 0) is 63.1 Å². The van der Waals surface area contributed by atoms with Gasteiger partial charge in [0.15, 0.2) is 0 Å². The molecule has 2 N–H and O–H groups in total. The zero-order valence-corrected chi connectivity index (χ0v) is 19.2. The maximum absolute atomic E-state index is 12.6. The van der Waals surface area contributed by atoms with Gasteiger partial charge in [0.05, 0.1) is 18.1 Å². The number of carbonyl (C=O) groups excluding carboxylic acids is 2. The fraction of sp³-hybridized carbons (Fsp3) is 0.417. The molecular formula is C24H31N3O3S. The number of ether oxygens (including phenoxy) is 1. The van der Waals surface area contributed by atoms with Crippen molar-refractivity contribution >= 4 is 35.0 Å². The molecule has 1 aliphatic heterocycles. The fourth-order valence-electron chi connectivity index (χ4n) is 3.50. The first-order chi connectivity index (χ1) is 14.9. The van der Waals surface area contributed by atoms with E-state index in [9.17, 15) is 9.59 Å². The molecule has 1 fully saturated rings. The first-order valence-corrected chi connectivity index (χ1v) is 11.7. The number of nitrogens with one attached hydrogen (secondary N) is 2. The zero-order chi connectivity index (χ0) is 22.2. The number of amides is 2. The Morgan fingerprint density at radius 2 is 1.74 bits per heavy atom. The van der Waals surface area contributed by atoms with Gasteiger partial charge in [0.1, 0.15) is 5.75 Å². The van der Waals surface area contributed by atoms with Gasteiger partial charge in [-0.2, -0.15) is 0 Å². The number of nitrogens with zero attached hydrogens (tertiary/aromatic N) is 1. The number of aryl methyl sites for hydroxylation is 1. The molecule has 2 aromatic rings. The topological polar surface area (TPSA) is 70.7 Å². The summed E-state index contributed by atoms with van der Waals surface area (Å²) in [5, 5.41) is 5.74. The van der Waals surface area contributed by atoms with Gasteiger partial charge in [0.2, 0.25) is 11.8 Å². The third-order valence-electron chi connectivity index (χ3n) is 5.45. The summed E-state index contributed by atoms with van der Waals surface area (Å²) in [4.78, 5) is 27.0. The van der Waals surface area contributed by atoms with Crippen molar-refractivity contribution in [3.8, 4) is 5.75 Å². The molecule has 1 atom stereocenters. The predicted molar refractivity (Wildman–Crippen MR) is 128 cm³/mol. The summed E-state index contributed by atoms with van der Waals surface area (Å²) in [5.41, 5.74) is 3.10. The molecule has 1 heterocycles. The lowest BCUT2D eigenvalue weighted by Crippen LogP contribution is -2.46. The molecule has 1 unspecified atom stereocenters. The molecule has 1 aliphatic rings. The number of thioether (sulfide) groups is 1. The van der Waals surface area contributed by atoms with Crippen molar-refractivity contribution in [2.75, 3.05) is 36.2 Å². The largest absolute Gasteiger partial charge is 0.497 e. The first-order valence-electron chi connectivity index (χ1n) is 10.6. The third-order valence-corrected chi connectivity index (χ3v) is 6.59. The molecule has 31 heavy (non-hydrogen) atoms. The normalized spacial score (nSPS) is 15.3. The number of rotatable bonds is 8. The number of benzene rings is 2. The lowest BCUT2D eigenvalue weighted by Gasteiger charge is -2.34. The maximum atomic E-state index is 12.6. The maximum Gasteiger partial charge on any atom is 0.234 e. The second kappa shape index (κ2) is 11.1. The highest BCUT2D eigenvalue weighted by Gasteiger charge is 2.23. The molecule has 2 aromatic carbocycles. The second-order valence-corrected chi connectivity index (χ2v) is 9.16. The molecule has 0 aromatic heterocycles. The summed E-state index contributed by atoms with van der Waals surface area (Å²) >= 11 is 1.36. The van der Waals surface area contributed by atoms with Crippen molar-refractivity contribution in [2.45, 2.75) is 38.0 Å². The Morgan fingerprint density at radius 1 is 1.10 bits per heavy atom. The Balaban J connectivity index is 1.37. The van der Waals surface area contributed by atoms with Gasteiger partial charge in [-0.15, -0.1) is 11.8 Å².